The monoisotopic (exact) mass is 407 g/mol. The lowest BCUT2D eigenvalue weighted by atomic mass is 10.2. The van der Waals surface area contributed by atoms with Crippen LogP contribution in [0.25, 0.3) is 0 Å². The molecule has 22 heavy (non-hydrogen) atoms. The van der Waals surface area contributed by atoms with Gasteiger partial charge in [-0.25, -0.2) is 4.39 Å². The second kappa shape index (κ2) is 8.06. The second-order valence-corrected chi connectivity index (χ2v) is 6.81. The lowest BCUT2D eigenvalue weighted by Crippen LogP contribution is -2.11. The summed E-state index contributed by atoms with van der Waals surface area (Å²) in [6.45, 7) is 3.10. The molecule has 1 aromatic carbocycles. The van der Waals surface area contributed by atoms with Crippen molar-refractivity contribution in [2.45, 2.75) is 0 Å². The molecule has 2 N–H and O–H groups in total. The molecule has 1 heterocycles. The summed E-state index contributed by atoms with van der Waals surface area (Å²) >= 11 is 4.37. The smallest absolute Gasteiger partial charge is 0.331 e. The number of primary amides is 1. The molecule has 5 nitrogen and oxygen atoms in total. The summed E-state index contributed by atoms with van der Waals surface area (Å²) in [6.07, 6.45) is 0. The van der Waals surface area contributed by atoms with Gasteiger partial charge in [-0.2, -0.15) is 8.42 Å². The average Bonchev–Trinajstić information content (AvgIpc) is 2.91. The fourth-order valence-electron chi connectivity index (χ4n) is 1.16. The van der Waals surface area contributed by atoms with E-state index in [0.29, 0.717) is 10.2 Å². The third-order valence-corrected chi connectivity index (χ3v) is 4.26. The van der Waals surface area contributed by atoms with Crippen molar-refractivity contribution in [2.24, 2.45) is 5.73 Å². The van der Waals surface area contributed by atoms with E-state index in [4.69, 9.17) is 5.73 Å². The molecule has 0 aliphatic rings. The van der Waals surface area contributed by atoms with Crippen molar-refractivity contribution < 1.29 is 21.8 Å². The van der Waals surface area contributed by atoms with Crippen LogP contribution >= 0.6 is 27.3 Å². The maximum Gasteiger partial charge on any atom is 0.331 e. The minimum Gasteiger partial charge on any atom is -0.379 e. The molecule has 2 aromatic rings. The fourth-order valence-corrected chi connectivity index (χ4v) is 2.76. The number of nitrogens with two attached hydrogens (primary N) is 1. The number of hydrogen-bond acceptors (Lipinski definition) is 5. The molecule has 1 amide bonds. The highest BCUT2D eigenvalue weighted by molar-refractivity contribution is 9.10. The van der Waals surface area contributed by atoms with Gasteiger partial charge in [-0.3, -0.25) is 4.79 Å². The van der Waals surface area contributed by atoms with Gasteiger partial charge in [0.25, 0.3) is 0 Å². The number of thiophene rings is 1. The van der Waals surface area contributed by atoms with Gasteiger partial charge in [-0.15, -0.1) is 11.3 Å². The average molecular weight is 408 g/mol. The van der Waals surface area contributed by atoms with Crippen molar-refractivity contribution in [1.29, 1.82) is 0 Å². The Balaban J connectivity index is 0.000000220. The lowest BCUT2D eigenvalue weighted by Gasteiger charge is -1.97. The van der Waals surface area contributed by atoms with Gasteiger partial charge >= 0.3 is 10.1 Å². The van der Waals surface area contributed by atoms with Crippen LogP contribution in [0.5, 0.6) is 5.75 Å². The molecule has 0 saturated carbocycles. The first-order valence-corrected chi connectivity index (χ1v) is 8.80. The van der Waals surface area contributed by atoms with Crippen LogP contribution in [0.2, 0.25) is 0 Å². The molecule has 0 atom stereocenters. The first-order chi connectivity index (χ1) is 10.2. The maximum absolute atomic E-state index is 12.4. The fraction of sp³-hybridized carbons (Fsp3) is 0. The second-order valence-electron chi connectivity index (χ2n) is 3.69. The van der Waals surface area contributed by atoms with Crippen LogP contribution in [0.15, 0.2) is 51.5 Å². The molecule has 0 aliphatic carbocycles. The van der Waals surface area contributed by atoms with Crippen LogP contribution in [-0.2, 0) is 10.1 Å². The molecule has 2 rings (SSSR count). The van der Waals surface area contributed by atoms with Crippen LogP contribution in [0.4, 0.5) is 4.39 Å². The van der Waals surface area contributed by atoms with Crippen LogP contribution in [0, 0.1) is 5.82 Å². The molecule has 118 valence electrons. The number of hydrogen-bond donors (Lipinski definition) is 1. The van der Waals surface area contributed by atoms with Crippen LogP contribution in [-0.4, -0.2) is 14.3 Å². The summed E-state index contributed by atoms with van der Waals surface area (Å²) in [6, 6.07) is 5.29. The number of amides is 1. The Morgan fingerprint density at radius 1 is 1.41 bits per heavy atom. The summed E-state index contributed by atoms with van der Waals surface area (Å²) in [5, 5.41) is 4.10. The predicted molar refractivity (Wildman–Crippen MR) is 86.7 cm³/mol. The molecule has 1 aromatic heterocycles. The van der Waals surface area contributed by atoms with Crippen molar-refractivity contribution in [3.63, 3.8) is 0 Å². The van der Waals surface area contributed by atoms with E-state index < -0.39 is 21.8 Å². The third-order valence-electron chi connectivity index (χ3n) is 2.11. The van der Waals surface area contributed by atoms with Gasteiger partial charge in [0.1, 0.15) is 5.82 Å². The van der Waals surface area contributed by atoms with Crippen LogP contribution in [0.1, 0.15) is 10.4 Å². The SMILES string of the molecule is C=CS(=O)(=O)Oc1ccsc1.NC(=O)c1ccc(F)cc1Br. The van der Waals surface area contributed by atoms with Gasteiger partial charge in [-0.05, 0) is 45.6 Å². The van der Waals surface area contributed by atoms with E-state index in [0.717, 1.165) is 5.41 Å². The van der Waals surface area contributed by atoms with Gasteiger partial charge < -0.3 is 9.92 Å². The van der Waals surface area contributed by atoms with E-state index in [1.54, 1.807) is 16.8 Å². The van der Waals surface area contributed by atoms with Crippen molar-refractivity contribution in [2.75, 3.05) is 0 Å². The van der Waals surface area contributed by atoms with Gasteiger partial charge in [0.05, 0.1) is 11.0 Å². The quantitative estimate of drug-likeness (QED) is 0.787. The summed E-state index contributed by atoms with van der Waals surface area (Å²) in [5.74, 6) is -0.645. The number of carbonyl (C=O) groups is 1. The molecule has 0 spiro atoms. The van der Waals surface area contributed by atoms with Crippen LogP contribution < -0.4 is 9.92 Å². The van der Waals surface area contributed by atoms with Crippen molar-refractivity contribution in [3.8, 4) is 5.75 Å². The first kappa shape index (κ1) is 18.3. The Labute approximate surface area is 139 Å². The van der Waals surface area contributed by atoms with Crippen molar-refractivity contribution >= 4 is 43.3 Å². The van der Waals surface area contributed by atoms with Crippen LogP contribution in [0.3, 0.4) is 0 Å². The number of benzene rings is 1. The summed E-state index contributed by atoms with van der Waals surface area (Å²) in [4.78, 5) is 10.6. The van der Waals surface area contributed by atoms with E-state index in [1.807, 2.05) is 0 Å². The van der Waals surface area contributed by atoms with Crippen molar-refractivity contribution in [3.05, 3.63) is 62.9 Å². The zero-order chi connectivity index (χ0) is 16.8. The number of carbonyl (C=O) groups excluding carboxylic acids is 1. The normalized spacial score (nSPS) is 10.3. The predicted octanol–water partition coefficient (Wildman–Crippen LogP) is 3.29. The third kappa shape index (κ3) is 5.96. The number of rotatable bonds is 4. The van der Waals surface area contributed by atoms with E-state index in [1.165, 1.54) is 29.5 Å². The van der Waals surface area contributed by atoms with Gasteiger partial charge in [0.2, 0.25) is 5.91 Å². The Morgan fingerprint density at radius 3 is 2.55 bits per heavy atom. The van der Waals surface area contributed by atoms with E-state index >= 15 is 0 Å². The Morgan fingerprint density at radius 2 is 2.09 bits per heavy atom. The molecular weight excluding hydrogens is 397 g/mol. The number of halogens is 2. The largest absolute Gasteiger partial charge is 0.379 e. The minimum atomic E-state index is -3.57. The Kier molecular flexibility index (Phi) is 6.72. The standard InChI is InChI=1S/C7H5BrFNO.C6H6O3S2/c8-6-3-4(9)1-2-5(6)7(10)11;1-2-11(7,8)9-6-3-4-10-5-6/h1-3H,(H2,10,11);2-5H,1H2. The molecule has 0 saturated heterocycles. The van der Waals surface area contributed by atoms with Gasteiger partial charge in [0.15, 0.2) is 5.75 Å². The van der Waals surface area contributed by atoms with E-state index in [2.05, 4.69) is 26.7 Å². The van der Waals surface area contributed by atoms with E-state index in [-0.39, 0.29) is 5.56 Å². The molecule has 0 bridgehead atoms. The highest BCUT2D eigenvalue weighted by Crippen LogP contribution is 2.17. The molecule has 0 aliphatic heterocycles. The maximum atomic E-state index is 12.4. The molecule has 0 unspecified atom stereocenters. The van der Waals surface area contributed by atoms with Gasteiger partial charge in [-0.1, -0.05) is 6.58 Å². The molecule has 0 radical (unpaired) electrons. The summed E-state index contributed by atoms with van der Waals surface area (Å²) < 4.78 is 38.8. The molecular formula is C13H11BrFNO4S2. The first-order valence-electron chi connectivity index (χ1n) is 5.59. The van der Waals surface area contributed by atoms with E-state index in [9.17, 15) is 17.6 Å². The summed E-state index contributed by atoms with van der Waals surface area (Å²) in [5.41, 5.74) is 5.26. The minimum absolute atomic E-state index is 0.284. The van der Waals surface area contributed by atoms with Gasteiger partial charge in [0, 0.05) is 9.85 Å². The zero-order valence-corrected chi connectivity index (χ0v) is 14.3. The summed E-state index contributed by atoms with van der Waals surface area (Å²) in [7, 11) is -3.57. The highest BCUT2D eigenvalue weighted by atomic mass is 79.9. The Hall–Kier alpha value is -1.71. The van der Waals surface area contributed by atoms with Crippen molar-refractivity contribution in [1.82, 2.24) is 0 Å². The lowest BCUT2D eigenvalue weighted by molar-refractivity contribution is 0.0999. The molecule has 0 fully saturated rings. The highest BCUT2D eigenvalue weighted by Gasteiger charge is 2.06. The molecule has 9 heteroatoms. The zero-order valence-electron chi connectivity index (χ0n) is 11.0. The Bertz CT molecular complexity index is 760. The topological polar surface area (TPSA) is 86.5 Å².